The SMILES string of the molecule is O=C(COc1cccc(Cl)c1F)c1ccccc1. The molecule has 0 saturated heterocycles. The Bertz CT molecular complexity index is 555. The van der Waals surface area contributed by atoms with Crippen LogP contribution >= 0.6 is 11.6 Å². The van der Waals surface area contributed by atoms with E-state index in [9.17, 15) is 9.18 Å². The van der Waals surface area contributed by atoms with Crippen molar-refractivity contribution in [3.63, 3.8) is 0 Å². The van der Waals surface area contributed by atoms with E-state index >= 15 is 0 Å². The Kier molecular flexibility index (Phi) is 3.95. The summed E-state index contributed by atoms with van der Waals surface area (Å²) in [6.07, 6.45) is 0. The van der Waals surface area contributed by atoms with Gasteiger partial charge < -0.3 is 4.74 Å². The first kappa shape index (κ1) is 12.6. The zero-order valence-corrected chi connectivity index (χ0v) is 10.2. The summed E-state index contributed by atoms with van der Waals surface area (Å²) in [5.74, 6) is -0.887. The van der Waals surface area contributed by atoms with Crippen molar-refractivity contribution in [1.29, 1.82) is 0 Å². The number of ether oxygens (including phenoxy) is 1. The van der Waals surface area contributed by atoms with Crippen LogP contribution in [0.5, 0.6) is 5.75 Å². The van der Waals surface area contributed by atoms with Crippen molar-refractivity contribution in [2.75, 3.05) is 6.61 Å². The van der Waals surface area contributed by atoms with Gasteiger partial charge in [-0.2, -0.15) is 0 Å². The summed E-state index contributed by atoms with van der Waals surface area (Å²) < 4.78 is 18.6. The number of ketones is 1. The highest BCUT2D eigenvalue weighted by molar-refractivity contribution is 6.30. The fourth-order valence-electron chi connectivity index (χ4n) is 1.45. The molecule has 2 nitrogen and oxygen atoms in total. The molecular formula is C14H10ClFO2. The lowest BCUT2D eigenvalue weighted by Gasteiger charge is -2.07. The van der Waals surface area contributed by atoms with Gasteiger partial charge in [0.2, 0.25) is 0 Å². The van der Waals surface area contributed by atoms with Crippen molar-refractivity contribution in [3.8, 4) is 5.75 Å². The average Bonchev–Trinajstić information content (AvgIpc) is 2.41. The van der Waals surface area contributed by atoms with Crippen LogP contribution in [0.25, 0.3) is 0 Å². The number of Topliss-reactive ketones (excluding diaryl/α,β-unsaturated/α-hetero) is 1. The Labute approximate surface area is 109 Å². The van der Waals surface area contributed by atoms with Gasteiger partial charge >= 0.3 is 0 Å². The Hall–Kier alpha value is -1.87. The summed E-state index contributed by atoms with van der Waals surface area (Å²) >= 11 is 5.61. The lowest BCUT2D eigenvalue weighted by molar-refractivity contribution is 0.0919. The lowest BCUT2D eigenvalue weighted by atomic mass is 10.1. The monoisotopic (exact) mass is 264 g/mol. The third-order valence-corrected chi connectivity index (χ3v) is 2.66. The molecule has 0 aromatic heterocycles. The molecule has 2 aromatic carbocycles. The van der Waals surface area contributed by atoms with Crippen LogP contribution in [0.4, 0.5) is 4.39 Å². The van der Waals surface area contributed by atoms with Gasteiger partial charge in [0.25, 0.3) is 0 Å². The van der Waals surface area contributed by atoms with Crippen LogP contribution in [0.3, 0.4) is 0 Å². The number of carbonyl (C=O) groups is 1. The summed E-state index contributed by atoms with van der Waals surface area (Å²) in [7, 11) is 0. The normalized spacial score (nSPS) is 10.1. The summed E-state index contributed by atoms with van der Waals surface area (Å²) in [6, 6.07) is 13.1. The van der Waals surface area contributed by atoms with Crippen molar-refractivity contribution >= 4 is 17.4 Å². The van der Waals surface area contributed by atoms with Gasteiger partial charge in [-0.3, -0.25) is 4.79 Å². The standard InChI is InChI=1S/C14H10ClFO2/c15-11-7-4-8-13(14(11)16)18-9-12(17)10-5-2-1-3-6-10/h1-8H,9H2. The zero-order valence-electron chi connectivity index (χ0n) is 9.40. The van der Waals surface area contributed by atoms with Gasteiger partial charge in [-0.15, -0.1) is 0 Å². The molecule has 0 saturated carbocycles. The van der Waals surface area contributed by atoms with E-state index in [-0.39, 0.29) is 23.2 Å². The predicted molar refractivity (Wildman–Crippen MR) is 67.7 cm³/mol. The summed E-state index contributed by atoms with van der Waals surface area (Å²) in [6.45, 7) is -0.221. The van der Waals surface area contributed by atoms with E-state index in [0.717, 1.165) is 0 Å². The predicted octanol–water partition coefficient (Wildman–Crippen LogP) is 3.74. The molecule has 0 spiro atoms. The van der Waals surface area contributed by atoms with Gasteiger partial charge in [0.1, 0.15) is 0 Å². The quantitative estimate of drug-likeness (QED) is 0.787. The fraction of sp³-hybridized carbons (Fsp3) is 0.0714. The molecule has 0 amide bonds. The molecule has 0 aliphatic rings. The molecule has 0 aliphatic heterocycles. The van der Waals surface area contributed by atoms with Crippen LogP contribution < -0.4 is 4.74 Å². The third kappa shape index (κ3) is 2.87. The van der Waals surface area contributed by atoms with Crippen LogP contribution in [-0.2, 0) is 0 Å². The fourth-order valence-corrected chi connectivity index (χ4v) is 1.61. The van der Waals surface area contributed by atoms with Crippen LogP contribution in [0.15, 0.2) is 48.5 Å². The molecule has 0 radical (unpaired) electrons. The van der Waals surface area contributed by atoms with E-state index in [0.29, 0.717) is 5.56 Å². The molecule has 18 heavy (non-hydrogen) atoms. The van der Waals surface area contributed by atoms with E-state index in [1.165, 1.54) is 12.1 Å². The van der Waals surface area contributed by atoms with Gasteiger partial charge in [-0.25, -0.2) is 4.39 Å². The largest absolute Gasteiger partial charge is 0.482 e. The minimum atomic E-state index is -0.653. The molecule has 0 bridgehead atoms. The second-order valence-electron chi connectivity index (χ2n) is 3.63. The molecule has 0 fully saturated rings. The Morgan fingerprint density at radius 1 is 1.11 bits per heavy atom. The lowest BCUT2D eigenvalue weighted by Crippen LogP contribution is -2.12. The first-order valence-corrected chi connectivity index (χ1v) is 5.71. The van der Waals surface area contributed by atoms with Crippen LogP contribution in [0.2, 0.25) is 5.02 Å². The first-order chi connectivity index (χ1) is 8.68. The summed E-state index contributed by atoms with van der Waals surface area (Å²) in [4.78, 5) is 11.7. The highest BCUT2D eigenvalue weighted by Gasteiger charge is 2.10. The first-order valence-electron chi connectivity index (χ1n) is 5.33. The number of carbonyl (C=O) groups excluding carboxylic acids is 1. The number of hydrogen-bond donors (Lipinski definition) is 0. The van der Waals surface area contributed by atoms with Crippen molar-refractivity contribution in [2.24, 2.45) is 0 Å². The zero-order chi connectivity index (χ0) is 13.0. The molecule has 0 atom stereocenters. The molecular weight excluding hydrogens is 255 g/mol. The summed E-state index contributed by atoms with van der Waals surface area (Å²) in [5.41, 5.74) is 0.528. The van der Waals surface area contributed by atoms with Gasteiger partial charge in [0.05, 0.1) is 5.02 Å². The van der Waals surface area contributed by atoms with Crippen molar-refractivity contribution < 1.29 is 13.9 Å². The maximum Gasteiger partial charge on any atom is 0.200 e. The number of benzene rings is 2. The molecule has 0 aliphatic carbocycles. The maximum atomic E-state index is 13.5. The third-order valence-electron chi connectivity index (χ3n) is 2.37. The smallest absolute Gasteiger partial charge is 0.200 e. The van der Waals surface area contributed by atoms with E-state index in [1.54, 1.807) is 30.3 Å². The minimum absolute atomic E-state index is 0.0215. The molecule has 0 unspecified atom stereocenters. The number of rotatable bonds is 4. The molecule has 4 heteroatoms. The van der Waals surface area contributed by atoms with E-state index in [4.69, 9.17) is 16.3 Å². The molecule has 2 aromatic rings. The molecule has 2 rings (SSSR count). The second kappa shape index (κ2) is 5.65. The topological polar surface area (TPSA) is 26.3 Å². The van der Waals surface area contributed by atoms with Crippen LogP contribution in [-0.4, -0.2) is 12.4 Å². The molecule has 92 valence electrons. The van der Waals surface area contributed by atoms with Crippen LogP contribution in [0.1, 0.15) is 10.4 Å². The van der Waals surface area contributed by atoms with Crippen molar-refractivity contribution in [2.45, 2.75) is 0 Å². The average molecular weight is 265 g/mol. The Morgan fingerprint density at radius 3 is 2.56 bits per heavy atom. The maximum absolute atomic E-state index is 13.5. The van der Waals surface area contributed by atoms with Gasteiger partial charge in [-0.1, -0.05) is 48.0 Å². The van der Waals surface area contributed by atoms with Crippen molar-refractivity contribution in [1.82, 2.24) is 0 Å². The van der Waals surface area contributed by atoms with Crippen molar-refractivity contribution in [3.05, 3.63) is 64.9 Å². The van der Waals surface area contributed by atoms with Crippen LogP contribution in [0, 0.1) is 5.82 Å². The van der Waals surface area contributed by atoms with Gasteiger partial charge in [-0.05, 0) is 12.1 Å². The number of halogens is 2. The van der Waals surface area contributed by atoms with Gasteiger partial charge in [0, 0.05) is 5.56 Å². The van der Waals surface area contributed by atoms with E-state index in [1.807, 2.05) is 6.07 Å². The second-order valence-corrected chi connectivity index (χ2v) is 4.04. The highest BCUT2D eigenvalue weighted by Crippen LogP contribution is 2.24. The van der Waals surface area contributed by atoms with Gasteiger partial charge in [0.15, 0.2) is 24.0 Å². The Balaban J connectivity index is 2.04. The molecule has 0 heterocycles. The highest BCUT2D eigenvalue weighted by atomic mass is 35.5. The summed E-state index contributed by atoms with van der Waals surface area (Å²) in [5, 5.41) is -0.0281. The Morgan fingerprint density at radius 2 is 1.83 bits per heavy atom. The minimum Gasteiger partial charge on any atom is -0.482 e. The number of hydrogen-bond acceptors (Lipinski definition) is 2. The molecule has 0 N–H and O–H groups in total. The van der Waals surface area contributed by atoms with E-state index < -0.39 is 5.82 Å². The van der Waals surface area contributed by atoms with E-state index in [2.05, 4.69) is 0 Å².